The van der Waals surface area contributed by atoms with Gasteiger partial charge in [0.15, 0.2) is 48.5 Å². The fourth-order valence-electron chi connectivity index (χ4n) is 7.82. The molecule has 0 spiro atoms. The first kappa shape index (κ1) is 42.9. The molecule has 0 bridgehead atoms. The van der Waals surface area contributed by atoms with Gasteiger partial charge in [0.1, 0.15) is 6.63 Å². The smallest absolute Gasteiger partial charge is 0.310 e. The Hall–Kier alpha value is 1.89. The summed E-state index contributed by atoms with van der Waals surface area (Å²) >= 11 is 0. The zero-order chi connectivity index (χ0) is 33.4. The van der Waals surface area contributed by atoms with Crippen molar-refractivity contribution in [2.75, 3.05) is 6.54 Å². The molecule has 41 heavy (non-hydrogen) atoms. The summed E-state index contributed by atoms with van der Waals surface area (Å²) in [5, 5.41) is 0. The molecule has 7 nitrogen and oxygen atoms in total. The second-order valence-electron chi connectivity index (χ2n) is 17.5. The molecule has 0 aliphatic carbocycles. The predicted octanol–water partition coefficient (Wildman–Crippen LogP) is 8.34. The van der Waals surface area contributed by atoms with Crippen LogP contribution in [0.3, 0.4) is 0 Å². The van der Waals surface area contributed by atoms with Gasteiger partial charge in [0, 0.05) is 0 Å². The van der Waals surface area contributed by atoms with Gasteiger partial charge in [0.25, 0.3) is 0 Å². The second-order valence-corrected chi connectivity index (χ2v) is 77.8. The molecule has 0 atom stereocenters. The molecule has 0 aromatic heterocycles. The molecule has 0 saturated carbocycles. The van der Waals surface area contributed by atoms with Gasteiger partial charge in [-0.1, -0.05) is 6.04 Å². The minimum atomic E-state index is -2.47. The highest BCUT2D eigenvalue weighted by Crippen LogP contribution is 2.46. The summed E-state index contributed by atoms with van der Waals surface area (Å²) in [6.45, 7) is 47.1. The number of nitrogens with two attached hydrogens (primary N) is 1. The van der Waals surface area contributed by atoms with Crippen LogP contribution in [0.15, 0.2) is 0 Å². The van der Waals surface area contributed by atoms with E-state index >= 15 is 0 Å². The summed E-state index contributed by atoms with van der Waals surface area (Å²) in [6, 6.07) is 1.08. The van der Waals surface area contributed by atoms with Crippen molar-refractivity contribution in [1.82, 2.24) is 0 Å². The van der Waals surface area contributed by atoms with Gasteiger partial charge < -0.3 is 30.4 Å². The molecule has 0 radical (unpaired) electrons. The Morgan fingerprint density at radius 3 is 0.756 bits per heavy atom. The highest BCUT2D eigenvalue weighted by atomic mass is 29.9. The van der Waals surface area contributed by atoms with E-state index in [9.17, 15) is 0 Å². The van der Waals surface area contributed by atoms with Gasteiger partial charge in [-0.15, -0.1) is 0 Å². The van der Waals surface area contributed by atoms with Crippen LogP contribution in [0.5, 0.6) is 0 Å². The lowest BCUT2D eigenvalue weighted by Gasteiger charge is -2.61. The van der Waals surface area contributed by atoms with E-state index in [1.807, 2.05) is 0 Å². The van der Waals surface area contributed by atoms with E-state index in [0.29, 0.717) is 6.54 Å². The molecule has 0 aromatic rings. The minimum Gasteiger partial charge on any atom is -0.439 e. The summed E-state index contributed by atoms with van der Waals surface area (Å²) in [5.74, 6) is 0. The molecule has 2 N–H and O–H groups in total. The van der Waals surface area contributed by atoms with Crippen molar-refractivity contribution in [3.05, 3.63) is 0 Å². The Labute approximate surface area is 266 Å². The third kappa shape index (κ3) is 13.6. The Kier molecular flexibility index (Phi) is 14.6. The first-order valence-corrected chi connectivity index (χ1v) is 48.1. The fourth-order valence-corrected chi connectivity index (χ4v) is 130. The van der Waals surface area contributed by atoms with E-state index in [4.69, 9.17) is 30.4 Å². The van der Waals surface area contributed by atoms with E-state index in [2.05, 4.69) is 137 Å². The van der Waals surface area contributed by atoms with Crippen LogP contribution in [0.4, 0.5) is 0 Å². The standard InChI is InChI=1S/C24H71NO6Si10/c1-32(2,3)26-35(10,11)29-38(16,17)41(24-22-23-25,39(18,19)30-36(12,13)27-33(4,5)6)40(20,21)31-37(14,15)28-34(7,8)9/h22-25H2,1-21H3. The van der Waals surface area contributed by atoms with Crippen LogP contribution >= 0.6 is 0 Å². The summed E-state index contributed by atoms with van der Waals surface area (Å²) in [6.07, 6.45) is 0.968. The molecular weight excluding hydrogens is 679 g/mol. The molecule has 0 fully saturated rings. The summed E-state index contributed by atoms with van der Waals surface area (Å²) < 4.78 is 43.2. The molecule has 0 aliphatic heterocycles. The highest BCUT2D eigenvalue weighted by molar-refractivity contribution is 7.88. The molecule has 0 rings (SSSR count). The van der Waals surface area contributed by atoms with Crippen molar-refractivity contribution < 1.29 is 24.7 Å². The minimum absolute atomic E-state index is 0.666. The number of hydrogen-bond acceptors (Lipinski definition) is 7. The van der Waals surface area contributed by atoms with Crippen molar-refractivity contribution in [3.63, 3.8) is 0 Å². The van der Waals surface area contributed by atoms with Crippen molar-refractivity contribution in [2.45, 2.75) is 150 Å². The van der Waals surface area contributed by atoms with Crippen molar-refractivity contribution in [1.29, 1.82) is 0 Å². The molecule has 248 valence electrons. The lowest BCUT2D eigenvalue weighted by molar-refractivity contribution is 0.393. The van der Waals surface area contributed by atoms with Gasteiger partial charge in [-0.3, -0.25) is 0 Å². The average molecular weight is 751 g/mol. The average Bonchev–Trinajstić information content (AvgIpc) is 2.50. The maximum atomic E-state index is 7.55. The Morgan fingerprint density at radius 1 is 0.366 bits per heavy atom. The third-order valence-corrected chi connectivity index (χ3v) is 95.6. The zero-order valence-corrected chi connectivity index (χ0v) is 41.1. The van der Waals surface area contributed by atoms with Crippen molar-refractivity contribution in [2.24, 2.45) is 5.73 Å². The van der Waals surface area contributed by atoms with Crippen LogP contribution in [0.25, 0.3) is 0 Å². The van der Waals surface area contributed by atoms with Gasteiger partial charge in [0.2, 0.25) is 0 Å². The van der Waals surface area contributed by atoms with Crippen molar-refractivity contribution in [3.8, 4) is 0 Å². The molecule has 0 saturated heterocycles. The van der Waals surface area contributed by atoms with Crippen LogP contribution in [0.2, 0.25) is 144 Å². The largest absolute Gasteiger partial charge is 0.439 e. The maximum absolute atomic E-state index is 7.55. The zero-order valence-electron chi connectivity index (χ0n) is 31.1. The van der Waals surface area contributed by atoms with Gasteiger partial charge >= 0.3 is 25.7 Å². The Bertz CT molecular complexity index is 747. The van der Waals surface area contributed by atoms with Gasteiger partial charge in [-0.2, -0.15) is 0 Å². The topological polar surface area (TPSA) is 81.4 Å². The van der Waals surface area contributed by atoms with E-state index < -0.39 is 80.8 Å². The van der Waals surface area contributed by atoms with Crippen LogP contribution < -0.4 is 5.73 Å². The van der Waals surface area contributed by atoms with Crippen LogP contribution in [-0.2, 0) is 24.7 Å². The van der Waals surface area contributed by atoms with Crippen molar-refractivity contribution >= 4 is 80.8 Å². The first-order valence-electron chi connectivity index (χ1n) is 15.5. The maximum Gasteiger partial charge on any atom is 0.310 e. The fraction of sp³-hybridized carbons (Fsp3) is 1.00. The summed E-state index contributed by atoms with van der Waals surface area (Å²) in [7, 11) is -20.1. The van der Waals surface area contributed by atoms with Gasteiger partial charge in [0.05, 0.1) is 0 Å². The SMILES string of the molecule is C[Si](C)(C)O[Si](C)(C)O[Si](C)(C)[Si](CCCN)([Si](C)(C)O[Si](C)(C)O[Si](C)(C)C)[Si](C)(C)O[Si](C)(C)O[Si](C)(C)C. The third-order valence-electron chi connectivity index (χ3n) is 7.00. The summed E-state index contributed by atoms with van der Waals surface area (Å²) in [5.41, 5.74) is 6.31. The Morgan fingerprint density at radius 2 is 0.585 bits per heavy atom. The molecule has 17 heteroatoms. The number of rotatable bonds is 18. The lowest BCUT2D eigenvalue weighted by Crippen LogP contribution is -2.89. The van der Waals surface area contributed by atoms with Gasteiger partial charge in [-0.05, 0) is 150 Å². The molecule has 0 amide bonds. The normalized spacial score (nSPS) is 16.0. The first-order chi connectivity index (χ1) is 17.6. The van der Waals surface area contributed by atoms with E-state index in [-0.39, 0.29) is 0 Å². The number of hydrogen-bond donors (Lipinski definition) is 1. The predicted molar refractivity (Wildman–Crippen MR) is 206 cm³/mol. The molecule has 0 aromatic carbocycles. The summed E-state index contributed by atoms with van der Waals surface area (Å²) in [4.78, 5) is 0. The van der Waals surface area contributed by atoms with E-state index in [1.54, 1.807) is 0 Å². The highest BCUT2D eigenvalue weighted by Gasteiger charge is 2.72. The lowest BCUT2D eigenvalue weighted by atomic mass is 10.5. The van der Waals surface area contributed by atoms with Crippen LogP contribution in [0, 0.1) is 0 Å². The van der Waals surface area contributed by atoms with E-state index in [1.165, 1.54) is 0 Å². The molecule has 0 aliphatic rings. The molecule has 0 unspecified atom stereocenters. The monoisotopic (exact) mass is 749 g/mol. The molecular formula is C24H71NO6Si10. The second kappa shape index (κ2) is 13.9. The van der Waals surface area contributed by atoms with Crippen LogP contribution in [-0.4, -0.2) is 87.3 Å². The van der Waals surface area contributed by atoms with Gasteiger partial charge in [-0.25, -0.2) is 0 Å². The van der Waals surface area contributed by atoms with E-state index in [0.717, 1.165) is 12.5 Å². The van der Waals surface area contributed by atoms with Crippen LogP contribution in [0.1, 0.15) is 6.42 Å². The quantitative estimate of drug-likeness (QED) is 0.141. The Balaban J connectivity index is 7.47. The molecule has 0 heterocycles.